The minimum atomic E-state index is -0.316. The summed E-state index contributed by atoms with van der Waals surface area (Å²) in [7, 11) is 0. The highest BCUT2D eigenvalue weighted by atomic mass is 35.5. The maximum absolute atomic E-state index is 13.7. The van der Waals surface area contributed by atoms with Crippen LogP contribution in [0.25, 0.3) is 0 Å². The summed E-state index contributed by atoms with van der Waals surface area (Å²) in [6.07, 6.45) is 4.53. The molecule has 4 rings (SSSR count). The van der Waals surface area contributed by atoms with Gasteiger partial charge in [0, 0.05) is 57.1 Å². The number of likely N-dealkylation sites (tertiary alicyclic amines) is 1. The number of rotatable bonds is 6. The van der Waals surface area contributed by atoms with E-state index in [1.165, 1.54) is 0 Å². The van der Waals surface area contributed by atoms with Crippen LogP contribution in [0.1, 0.15) is 66.7 Å². The van der Waals surface area contributed by atoms with Crippen molar-refractivity contribution in [1.82, 2.24) is 9.80 Å². The molecule has 37 heavy (non-hydrogen) atoms. The summed E-state index contributed by atoms with van der Waals surface area (Å²) in [5.74, 6) is 0.192. The van der Waals surface area contributed by atoms with Crippen LogP contribution in [0.3, 0.4) is 0 Å². The number of hydrogen-bond donors (Lipinski definition) is 1. The molecule has 2 saturated heterocycles. The van der Waals surface area contributed by atoms with Crippen molar-refractivity contribution in [3.05, 3.63) is 58.6 Å². The summed E-state index contributed by atoms with van der Waals surface area (Å²) < 4.78 is 0. The molecule has 198 valence electrons. The van der Waals surface area contributed by atoms with Gasteiger partial charge in [-0.3, -0.25) is 14.4 Å². The molecular formula is C29H37ClN4O3. The number of anilines is 2. The minimum Gasteiger partial charge on any atom is -0.369 e. The van der Waals surface area contributed by atoms with Crippen LogP contribution in [-0.2, 0) is 4.79 Å². The number of halogens is 1. The molecule has 0 atom stereocenters. The summed E-state index contributed by atoms with van der Waals surface area (Å²) in [6, 6.07) is 12.4. The maximum atomic E-state index is 13.7. The van der Waals surface area contributed by atoms with Gasteiger partial charge in [0.05, 0.1) is 16.1 Å². The van der Waals surface area contributed by atoms with Crippen molar-refractivity contribution in [2.45, 2.75) is 46.0 Å². The molecule has 0 saturated carbocycles. The van der Waals surface area contributed by atoms with Crippen LogP contribution in [0.15, 0.2) is 42.5 Å². The predicted octanol–water partition coefficient (Wildman–Crippen LogP) is 5.30. The lowest BCUT2D eigenvalue weighted by Gasteiger charge is -2.30. The Morgan fingerprint density at radius 3 is 2.30 bits per heavy atom. The third kappa shape index (κ3) is 6.83. The van der Waals surface area contributed by atoms with Crippen LogP contribution in [0.2, 0.25) is 5.02 Å². The number of hydrogen-bond acceptors (Lipinski definition) is 4. The Morgan fingerprint density at radius 1 is 0.838 bits per heavy atom. The molecule has 0 aliphatic carbocycles. The van der Waals surface area contributed by atoms with Gasteiger partial charge in [0.1, 0.15) is 0 Å². The van der Waals surface area contributed by atoms with E-state index in [1.807, 2.05) is 21.9 Å². The van der Waals surface area contributed by atoms with Crippen molar-refractivity contribution in [2.75, 3.05) is 49.5 Å². The summed E-state index contributed by atoms with van der Waals surface area (Å²) >= 11 is 6.22. The number of benzene rings is 2. The second-order valence-electron chi connectivity index (χ2n) is 10.3. The SMILES string of the molecule is CC(C)CC(=O)N1CCCN(c2ccc(NC(=O)c3ccccc3Cl)cc2C(=O)N2CCCCC2)CC1. The first-order chi connectivity index (χ1) is 17.8. The van der Waals surface area contributed by atoms with Crippen LogP contribution in [0, 0.1) is 5.92 Å². The summed E-state index contributed by atoms with van der Waals surface area (Å²) in [5.41, 5.74) is 2.37. The van der Waals surface area contributed by atoms with Crippen LogP contribution in [-0.4, -0.2) is 66.8 Å². The predicted molar refractivity (Wildman–Crippen MR) is 148 cm³/mol. The molecule has 2 aromatic carbocycles. The lowest BCUT2D eigenvalue weighted by Crippen LogP contribution is -2.38. The molecule has 2 aromatic rings. The lowest BCUT2D eigenvalue weighted by atomic mass is 10.1. The highest BCUT2D eigenvalue weighted by molar-refractivity contribution is 6.34. The van der Waals surface area contributed by atoms with E-state index in [2.05, 4.69) is 24.1 Å². The molecule has 7 nitrogen and oxygen atoms in total. The standard InChI is InChI=1S/C29H37ClN4O3/c1-21(2)19-27(35)33-16-8-15-32(17-18-33)26-12-11-22(31-28(36)23-9-4-5-10-25(23)30)20-24(26)29(37)34-13-6-3-7-14-34/h4-5,9-12,20-21H,3,6-8,13-19H2,1-2H3,(H,31,36). The van der Waals surface area contributed by atoms with Crippen LogP contribution in [0.5, 0.6) is 0 Å². The average Bonchev–Trinajstić information content (AvgIpc) is 3.15. The second kappa shape index (κ2) is 12.5. The molecule has 2 aliphatic rings. The highest BCUT2D eigenvalue weighted by Crippen LogP contribution is 2.29. The largest absolute Gasteiger partial charge is 0.369 e. The first-order valence-corrected chi connectivity index (χ1v) is 13.7. The topological polar surface area (TPSA) is 73.0 Å². The average molecular weight is 525 g/mol. The second-order valence-corrected chi connectivity index (χ2v) is 10.7. The van der Waals surface area contributed by atoms with Gasteiger partial charge in [-0.15, -0.1) is 0 Å². The fourth-order valence-electron chi connectivity index (χ4n) is 5.06. The van der Waals surface area contributed by atoms with Crippen molar-refractivity contribution in [3.63, 3.8) is 0 Å². The zero-order valence-electron chi connectivity index (χ0n) is 21.8. The lowest BCUT2D eigenvalue weighted by molar-refractivity contribution is -0.131. The van der Waals surface area contributed by atoms with Crippen molar-refractivity contribution < 1.29 is 14.4 Å². The molecule has 2 heterocycles. The molecule has 0 spiro atoms. The highest BCUT2D eigenvalue weighted by Gasteiger charge is 2.26. The Balaban J connectivity index is 1.58. The van der Waals surface area contributed by atoms with E-state index in [-0.39, 0.29) is 17.7 Å². The van der Waals surface area contributed by atoms with E-state index in [1.54, 1.807) is 30.3 Å². The number of nitrogens with zero attached hydrogens (tertiary/aromatic N) is 3. The summed E-state index contributed by atoms with van der Waals surface area (Å²) in [5, 5.41) is 3.29. The van der Waals surface area contributed by atoms with E-state index in [0.717, 1.165) is 57.5 Å². The van der Waals surface area contributed by atoms with Gasteiger partial charge < -0.3 is 20.0 Å². The molecule has 0 aromatic heterocycles. The molecule has 0 radical (unpaired) electrons. The molecule has 0 unspecified atom stereocenters. The van der Waals surface area contributed by atoms with Gasteiger partial charge in [0.25, 0.3) is 11.8 Å². The van der Waals surface area contributed by atoms with E-state index < -0.39 is 0 Å². The Kier molecular flexibility index (Phi) is 9.09. The van der Waals surface area contributed by atoms with Crippen molar-refractivity contribution >= 4 is 40.7 Å². The van der Waals surface area contributed by atoms with Gasteiger partial charge in [0.15, 0.2) is 0 Å². The first-order valence-electron chi connectivity index (χ1n) is 13.4. The van der Waals surface area contributed by atoms with Gasteiger partial charge in [-0.2, -0.15) is 0 Å². The fraction of sp³-hybridized carbons (Fsp3) is 0.483. The number of carbonyl (C=O) groups is 3. The maximum Gasteiger partial charge on any atom is 0.257 e. The van der Waals surface area contributed by atoms with Gasteiger partial charge in [-0.1, -0.05) is 37.6 Å². The van der Waals surface area contributed by atoms with Gasteiger partial charge in [-0.05, 0) is 61.9 Å². The zero-order chi connectivity index (χ0) is 26.4. The third-order valence-electron chi connectivity index (χ3n) is 7.02. The summed E-state index contributed by atoms with van der Waals surface area (Å²) in [6.45, 7) is 8.39. The van der Waals surface area contributed by atoms with Crippen LogP contribution >= 0.6 is 11.6 Å². The smallest absolute Gasteiger partial charge is 0.257 e. The number of nitrogens with one attached hydrogen (secondary N) is 1. The van der Waals surface area contributed by atoms with Crippen molar-refractivity contribution in [2.24, 2.45) is 5.92 Å². The normalized spacial score (nSPS) is 16.5. The van der Waals surface area contributed by atoms with Gasteiger partial charge >= 0.3 is 0 Å². The van der Waals surface area contributed by atoms with Crippen molar-refractivity contribution in [3.8, 4) is 0 Å². The monoisotopic (exact) mass is 524 g/mol. The molecule has 3 amide bonds. The number of carbonyl (C=O) groups excluding carboxylic acids is 3. The summed E-state index contributed by atoms with van der Waals surface area (Å²) in [4.78, 5) is 45.3. The molecule has 0 bridgehead atoms. The number of piperidine rings is 1. The molecular weight excluding hydrogens is 488 g/mol. The van der Waals surface area contributed by atoms with Gasteiger partial charge in [0.2, 0.25) is 5.91 Å². The first kappa shape index (κ1) is 27.0. The quantitative estimate of drug-likeness (QED) is 0.556. The molecule has 1 N–H and O–H groups in total. The Labute approximate surface area is 224 Å². The number of amides is 3. The zero-order valence-corrected chi connectivity index (χ0v) is 22.6. The van der Waals surface area contributed by atoms with E-state index >= 15 is 0 Å². The Bertz CT molecular complexity index is 1130. The van der Waals surface area contributed by atoms with Crippen LogP contribution < -0.4 is 10.2 Å². The van der Waals surface area contributed by atoms with Gasteiger partial charge in [-0.25, -0.2) is 0 Å². The van der Waals surface area contributed by atoms with Crippen LogP contribution in [0.4, 0.5) is 11.4 Å². The third-order valence-corrected chi connectivity index (χ3v) is 7.35. The molecule has 8 heteroatoms. The van der Waals surface area contributed by atoms with E-state index in [4.69, 9.17) is 11.6 Å². The van der Waals surface area contributed by atoms with Crippen molar-refractivity contribution in [1.29, 1.82) is 0 Å². The van der Waals surface area contributed by atoms with E-state index in [9.17, 15) is 14.4 Å². The Hall–Kier alpha value is -3.06. The minimum absolute atomic E-state index is 0.0134. The van der Waals surface area contributed by atoms with E-state index in [0.29, 0.717) is 47.3 Å². The Morgan fingerprint density at radius 2 is 1.57 bits per heavy atom. The molecule has 2 aliphatic heterocycles. The molecule has 2 fully saturated rings. The fourth-order valence-corrected chi connectivity index (χ4v) is 5.28.